The van der Waals surface area contributed by atoms with E-state index < -0.39 is 5.25 Å². The van der Waals surface area contributed by atoms with Gasteiger partial charge >= 0.3 is 0 Å². The largest absolute Gasteiger partial charge is 0.497 e. The van der Waals surface area contributed by atoms with Crippen molar-refractivity contribution in [2.24, 2.45) is 0 Å². The number of hydrogen-bond acceptors (Lipinski definition) is 6. The monoisotopic (exact) mass is 455 g/mol. The zero-order valence-electron chi connectivity index (χ0n) is 17.4. The molecule has 0 saturated carbocycles. The number of rotatable bonds is 6. The molecule has 0 unspecified atom stereocenters. The molecule has 2 fully saturated rings. The van der Waals surface area contributed by atoms with E-state index in [1.807, 2.05) is 59.5 Å². The molecular weight excluding hydrogens is 430 g/mol. The maximum Gasteiger partial charge on any atom is 0.242 e. The molecule has 0 aromatic heterocycles. The first-order valence-electron chi connectivity index (χ1n) is 10.3. The molecule has 8 heteroatoms. The molecule has 0 radical (unpaired) electrons. The Kier molecular flexibility index (Phi) is 6.77. The van der Waals surface area contributed by atoms with Crippen molar-refractivity contribution >= 4 is 45.8 Å². The lowest BCUT2D eigenvalue weighted by atomic mass is 10.2. The van der Waals surface area contributed by atoms with Crippen LogP contribution in [0.3, 0.4) is 0 Å². The molecule has 2 saturated heterocycles. The number of carbonyl (C=O) groups excluding carboxylic acids is 2. The molecule has 0 bridgehead atoms. The van der Waals surface area contributed by atoms with E-state index in [1.165, 1.54) is 11.8 Å². The molecule has 4 rings (SSSR count). The summed E-state index contributed by atoms with van der Waals surface area (Å²) in [6.45, 7) is 3.28. The van der Waals surface area contributed by atoms with Crippen molar-refractivity contribution in [3.05, 3.63) is 60.2 Å². The third kappa shape index (κ3) is 5.02. The zero-order valence-corrected chi connectivity index (χ0v) is 19.0. The number of amides is 2. The summed E-state index contributed by atoms with van der Waals surface area (Å²) in [6.07, 6.45) is 0.192. The number of nitrogens with zero attached hydrogens (tertiary/aromatic N) is 3. The molecule has 0 spiro atoms. The lowest BCUT2D eigenvalue weighted by Crippen LogP contribution is -2.49. The van der Waals surface area contributed by atoms with Gasteiger partial charge in [-0.1, -0.05) is 54.3 Å². The summed E-state index contributed by atoms with van der Waals surface area (Å²) in [5.41, 5.74) is 2.15. The summed E-state index contributed by atoms with van der Waals surface area (Å²) < 4.78 is 5.76. The molecule has 2 aromatic rings. The molecule has 6 nitrogen and oxygen atoms in total. The molecule has 2 heterocycles. The van der Waals surface area contributed by atoms with Crippen LogP contribution in [-0.2, 0) is 16.1 Å². The van der Waals surface area contributed by atoms with Gasteiger partial charge in [0.15, 0.2) is 0 Å². The Morgan fingerprint density at radius 2 is 1.74 bits per heavy atom. The van der Waals surface area contributed by atoms with Gasteiger partial charge < -0.3 is 14.5 Å². The number of anilines is 1. The van der Waals surface area contributed by atoms with Crippen LogP contribution in [-0.4, -0.2) is 64.5 Å². The highest BCUT2D eigenvalue weighted by Crippen LogP contribution is 2.31. The van der Waals surface area contributed by atoms with Crippen molar-refractivity contribution in [3.8, 4) is 5.75 Å². The maximum absolute atomic E-state index is 12.9. The van der Waals surface area contributed by atoms with E-state index in [0.717, 1.165) is 30.1 Å². The van der Waals surface area contributed by atoms with Crippen LogP contribution in [0.2, 0.25) is 0 Å². The summed E-state index contributed by atoms with van der Waals surface area (Å²) in [7, 11) is 1.65. The normalized spacial score (nSPS) is 19.1. The van der Waals surface area contributed by atoms with Gasteiger partial charge in [0.05, 0.1) is 18.9 Å². The summed E-state index contributed by atoms with van der Waals surface area (Å²) in [5, 5.41) is -0.427. The van der Waals surface area contributed by atoms with E-state index >= 15 is 0 Å². The minimum Gasteiger partial charge on any atom is -0.497 e. The molecule has 162 valence electrons. The quantitative estimate of drug-likeness (QED) is 0.624. The average Bonchev–Trinajstić information content (AvgIpc) is 3.07. The Balaban J connectivity index is 1.29. The molecule has 1 atom stereocenters. The molecule has 2 amide bonds. The minimum absolute atomic E-state index is 0.0181. The van der Waals surface area contributed by atoms with Gasteiger partial charge in [-0.15, -0.1) is 0 Å². The third-order valence-corrected chi connectivity index (χ3v) is 7.20. The average molecular weight is 456 g/mol. The van der Waals surface area contributed by atoms with Gasteiger partial charge in [-0.3, -0.25) is 14.5 Å². The smallest absolute Gasteiger partial charge is 0.242 e. The number of benzene rings is 2. The van der Waals surface area contributed by atoms with E-state index in [1.54, 1.807) is 12.0 Å². The van der Waals surface area contributed by atoms with Gasteiger partial charge in [0, 0.05) is 38.3 Å². The van der Waals surface area contributed by atoms with Gasteiger partial charge in [0.25, 0.3) is 0 Å². The van der Waals surface area contributed by atoms with Gasteiger partial charge in [-0.25, -0.2) is 0 Å². The van der Waals surface area contributed by atoms with Gasteiger partial charge in [0.1, 0.15) is 10.1 Å². The summed E-state index contributed by atoms with van der Waals surface area (Å²) >= 11 is 6.75. The fourth-order valence-corrected chi connectivity index (χ4v) is 5.31. The lowest BCUT2D eigenvalue weighted by Gasteiger charge is -2.36. The number of carbonyl (C=O) groups is 2. The number of thiocarbonyl (C=S) groups is 1. The fourth-order valence-electron chi connectivity index (χ4n) is 3.83. The molecule has 2 aromatic carbocycles. The number of ether oxygens (including phenoxy) is 1. The molecule has 31 heavy (non-hydrogen) atoms. The van der Waals surface area contributed by atoms with Crippen LogP contribution < -0.4 is 9.64 Å². The van der Waals surface area contributed by atoms with Gasteiger partial charge in [-0.2, -0.15) is 0 Å². The molecule has 2 aliphatic rings. The number of methoxy groups -OCH3 is 1. The van der Waals surface area contributed by atoms with Crippen LogP contribution in [0.15, 0.2) is 54.6 Å². The van der Waals surface area contributed by atoms with Crippen molar-refractivity contribution in [1.82, 2.24) is 9.80 Å². The van der Waals surface area contributed by atoms with Crippen LogP contribution in [0, 0.1) is 0 Å². The predicted molar refractivity (Wildman–Crippen MR) is 127 cm³/mol. The first-order valence-corrected chi connectivity index (χ1v) is 11.6. The highest BCUT2D eigenvalue weighted by molar-refractivity contribution is 8.24. The van der Waals surface area contributed by atoms with E-state index in [-0.39, 0.29) is 18.2 Å². The fraction of sp³-hybridized carbons (Fsp3) is 0.348. The lowest BCUT2D eigenvalue weighted by molar-refractivity contribution is -0.134. The molecule has 2 aliphatic heterocycles. The Morgan fingerprint density at radius 3 is 2.39 bits per heavy atom. The first kappa shape index (κ1) is 21.6. The van der Waals surface area contributed by atoms with Gasteiger partial charge in [-0.05, 0) is 29.8 Å². The summed E-state index contributed by atoms with van der Waals surface area (Å²) in [5.74, 6) is 0.782. The van der Waals surface area contributed by atoms with Crippen molar-refractivity contribution in [3.63, 3.8) is 0 Å². The number of thioether (sulfide) groups is 1. The van der Waals surface area contributed by atoms with Crippen LogP contribution in [0.5, 0.6) is 5.75 Å². The zero-order chi connectivity index (χ0) is 21.8. The third-order valence-electron chi connectivity index (χ3n) is 5.62. The summed E-state index contributed by atoms with van der Waals surface area (Å²) in [4.78, 5) is 31.5. The van der Waals surface area contributed by atoms with E-state index in [9.17, 15) is 9.59 Å². The first-order chi connectivity index (χ1) is 15.0. The van der Waals surface area contributed by atoms with Gasteiger partial charge in [0.2, 0.25) is 11.8 Å². The SMILES string of the molecule is COc1ccc(N2CCN(C(=O)C[C@H]3SC(=S)N(Cc4ccccc4)C3=O)CC2)cc1. The Labute approximate surface area is 192 Å². The van der Waals surface area contributed by atoms with Crippen molar-refractivity contribution in [1.29, 1.82) is 0 Å². The Morgan fingerprint density at radius 1 is 1.06 bits per heavy atom. The van der Waals surface area contributed by atoms with Crippen LogP contribution in [0.4, 0.5) is 5.69 Å². The standard InChI is InChI=1S/C23H25N3O3S2/c1-29-19-9-7-18(8-10-19)24-11-13-25(14-12-24)21(27)15-20-22(28)26(23(30)31-20)16-17-5-3-2-4-6-17/h2-10,20H,11-16H2,1H3/t20-/m1/s1. The maximum atomic E-state index is 12.9. The number of hydrogen-bond donors (Lipinski definition) is 0. The second-order valence-corrected chi connectivity index (χ2v) is 9.39. The van der Waals surface area contributed by atoms with Crippen molar-refractivity contribution in [2.45, 2.75) is 18.2 Å². The second kappa shape index (κ2) is 9.70. The molecule has 0 aliphatic carbocycles. The Bertz CT molecular complexity index is 944. The predicted octanol–water partition coefficient (Wildman–Crippen LogP) is 3.16. The highest BCUT2D eigenvalue weighted by atomic mass is 32.2. The Hall–Kier alpha value is -2.58. The van der Waals surface area contributed by atoms with Crippen molar-refractivity contribution in [2.75, 3.05) is 38.2 Å². The highest BCUT2D eigenvalue weighted by Gasteiger charge is 2.39. The van der Waals surface area contributed by atoms with Crippen LogP contribution in [0.1, 0.15) is 12.0 Å². The summed E-state index contributed by atoms with van der Waals surface area (Å²) in [6, 6.07) is 17.7. The minimum atomic E-state index is -0.427. The van der Waals surface area contributed by atoms with Crippen molar-refractivity contribution < 1.29 is 14.3 Å². The van der Waals surface area contributed by atoms with Crippen LogP contribution in [0.25, 0.3) is 0 Å². The molecule has 0 N–H and O–H groups in total. The van der Waals surface area contributed by atoms with E-state index in [0.29, 0.717) is 24.0 Å². The van der Waals surface area contributed by atoms with E-state index in [4.69, 9.17) is 17.0 Å². The van der Waals surface area contributed by atoms with Crippen LogP contribution >= 0.6 is 24.0 Å². The number of piperazine rings is 1. The van der Waals surface area contributed by atoms with E-state index in [2.05, 4.69) is 4.90 Å². The molecular formula is C23H25N3O3S2. The topological polar surface area (TPSA) is 53.1 Å². The second-order valence-electron chi connectivity index (χ2n) is 7.55.